The Bertz CT molecular complexity index is 922. The molecule has 0 atom stereocenters. The molecule has 3 aromatic rings. The van der Waals surface area contributed by atoms with Crippen molar-refractivity contribution in [2.75, 3.05) is 5.32 Å². The summed E-state index contributed by atoms with van der Waals surface area (Å²) in [6.07, 6.45) is 1.70. The van der Waals surface area contributed by atoms with Gasteiger partial charge in [0.2, 0.25) is 0 Å². The summed E-state index contributed by atoms with van der Waals surface area (Å²) in [4.78, 5) is 12.8. The molecule has 0 saturated heterocycles. The minimum atomic E-state index is -0.485. The van der Waals surface area contributed by atoms with E-state index in [0.29, 0.717) is 16.2 Å². The fourth-order valence-corrected chi connectivity index (χ4v) is 2.59. The molecule has 0 fully saturated rings. The summed E-state index contributed by atoms with van der Waals surface area (Å²) in [5.41, 5.74) is 1.97. The molecule has 1 amide bonds. The normalized spacial score (nSPS) is 11.2. The number of amides is 1. The first-order valence-electron chi connectivity index (χ1n) is 7.72. The third kappa shape index (κ3) is 4.14. The van der Waals surface area contributed by atoms with E-state index in [2.05, 4.69) is 5.32 Å². The maximum Gasteiger partial charge on any atom is 0.256 e. The second-order valence-electron chi connectivity index (χ2n) is 5.38. The standard InChI is InChI=1S/C21H15ClFNO/c22-18-11-5-4-10-16(18)14-17(15-8-2-1-3-9-15)21(25)24-20-13-7-6-12-19(20)23/h1-14H,(H,24,25). The Morgan fingerprint density at radius 1 is 0.880 bits per heavy atom. The molecule has 4 heteroatoms. The highest BCUT2D eigenvalue weighted by Crippen LogP contribution is 2.25. The van der Waals surface area contributed by atoms with Crippen molar-refractivity contribution in [1.29, 1.82) is 0 Å². The summed E-state index contributed by atoms with van der Waals surface area (Å²) in [6, 6.07) is 22.5. The Kier molecular flexibility index (Phi) is 5.26. The van der Waals surface area contributed by atoms with E-state index in [4.69, 9.17) is 11.6 Å². The number of para-hydroxylation sites is 1. The Balaban J connectivity index is 2.01. The molecule has 1 N–H and O–H groups in total. The fourth-order valence-electron chi connectivity index (χ4n) is 2.40. The van der Waals surface area contributed by atoms with Gasteiger partial charge in [-0.3, -0.25) is 4.79 Å². The number of anilines is 1. The number of carbonyl (C=O) groups excluding carboxylic acids is 1. The van der Waals surface area contributed by atoms with Crippen LogP contribution in [0.3, 0.4) is 0 Å². The molecule has 0 bridgehead atoms. The fraction of sp³-hybridized carbons (Fsp3) is 0. The molecule has 0 aromatic heterocycles. The molecular weight excluding hydrogens is 337 g/mol. The van der Waals surface area contributed by atoms with Crippen molar-refractivity contribution >= 4 is 34.8 Å². The van der Waals surface area contributed by atoms with E-state index in [1.54, 1.807) is 24.3 Å². The molecule has 0 aliphatic carbocycles. The monoisotopic (exact) mass is 351 g/mol. The van der Waals surface area contributed by atoms with Crippen LogP contribution in [0.2, 0.25) is 5.02 Å². The number of benzene rings is 3. The smallest absolute Gasteiger partial charge is 0.256 e. The van der Waals surface area contributed by atoms with Crippen LogP contribution in [0.1, 0.15) is 11.1 Å². The zero-order valence-electron chi connectivity index (χ0n) is 13.2. The predicted octanol–water partition coefficient (Wildman–Crippen LogP) is 5.66. The van der Waals surface area contributed by atoms with E-state index in [0.717, 1.165) is 5.56 Å². The molecule has 0 heterocycles. The van der Waals surface area contributed by atoms with Gasteiger partial charge in [-0.15, -0.1) is 0 Å². The lowest BCUT2D eigenvalue weighted by molar-refractivity contribution is -0.111. The lowest BCUT2D eigenvalue weighted by Gasteiger charge is -2.11. The SMILES string of the molecule is O=C(Nc1ccccc1F)C(=Cc1ccccc1Cl)c1ccccc1. The lowest BCUT2D eigenvalue weighted by atomic mass is 10.0. The highest BCUT2D eigenvalue weighted by Gasteiger charge is 2.14. The Morgan fingerprint density at radius 2 is 1.52 bits per heavy atom. The van der Waals surface area contributed by atoms with Crippen molar-refractivity contribution in [1.82, 2.24) is 0 Å². The van der Waals surface area contributed by atoms with Gasteiger partial charge in [0.1, 0.15) is 5.82 Å². The second-order valence-corrected chi connectivity index (χ2v) is 5.79. The number of nitrogens with one attached hydrogen (secondary N) is 1. The van der Waals surface area contributed by atoms with Crippen molar-refractivity contribution < 1.29 is 9.18 Å². The molecular formula is C21H15ClFNO. The third-order valence-corrected chi connectivity index (χ3v) is 4.00. The lowest BCUT2D eigenvalue weighted by Crippen LogP contribution is -2.14. The van der Waals surface area contributed by atoms with Gasteiger partial charge >= 0.3 is 0 Å². The Morgan fingerprint density at radius 3 is 2.24 bits per heavy atom. The van der Waals surface area contributed by atoms with Crippen LogP contribution in [0.5, 0.6) is 0 Å². The van der Waals surface area contributed by atoms with E-state index in [9.17, 15) is 9.18 Å². The van der Waals surface area contributed by atoms with Crippen LogP contribution in [0.4, 0.5) is 10.1 Å². The van der Waals surface area contributed by atoms with Gasteiger partial charge in [0, 0.05) is 10.6 Å². The second kappa shape index (κ2) is 7.77. The molecule has 2 nitrogen and oxygen atoms in total. The quantitative estimate of drug-likeness (QED) is 0.477. The molecule has 3 rings (SSSR count). The van der Waals surface area contributed by atoms with Crippen LogP contribution in [-0.2, 0) is 4.79 Å². The van der Waals surface area contributed by atoms with Crippen molar-refractivity contribution in [3.63, 3.8) is 0 Å². The van der Waals surface area contributed by atoms with E-state index in [-0.39, 0.29) is 5.69 Å². The van der Waals surface area contributed by atoms with Gasteiger partial charge in [0.15, 0.2) is 0 Å². The van der Waals surface area contributed by atoms with Crippen LogP contribution < -0.4 is 5.32 Å². The number of carbonyl (C=O) groups is 1. The van der Waals surface area contributed by atoms with Gasteiger partial charge in [0.25, 0.3) is 5.91 Å². The van der Waals surface area contributed by atoms with Crippen LogP contribution in [0.25, 0.3) is 11.6 Å². The van der Waals surface area contributed by atoms with Gasteiger partial charge < -0.3 is 5.32 Å². The van der Waals surface area contributed by atoms with Crippen molar-refractivity contribution in [2.45, 2.75) is 0 Å². The largest absolute Gasteiger partial charge is 0.319 e. The first-order chi connectivity index (χ1) is 12.1. The van der Waals surface area contributed by atoms with Crippen molar-refractivity contribution in [3.05, 3.63) is 101 Å². The topological polar surface area (TPSA) is 29.1 Å². The van der Waals surface area contributed by atoms with E-state index < -0.39 is 11.7 Å². The summed E-state index contributed by atoms with van der Waals surface area (Å²) in [5.74, 6) is -0.891. The van der Waals surface area contributed by atoms with Gasteiger partial charge in [-0.2, -0.15) is 0 Å². The molecule has 25 heavy (non-hydrogen) atoms. The Labute approximate surface area is 150 Å². The Hall–Kier alpha value is -2.91. The summed E-state index contributed by atoms with van der Waals surface area (Å²) in [7, 11) is 0. The van der Waals surface area contributed by atoms with Gasteiger partial charge in [0.05, 0.1) is 5.69 Å². The van der Waals surface area contributed by atoms with E-state index in [1.807, 2.05) is 48.5 Å². The maximum atomic E-state index is 13.9. The molecule has 0 radical (unpaired) electrons. The van der Waals surface area contributed by atoms with Crippen molar-refractivity contribution in [2.24, 2.45) is 0 Å². The molecule has 124 valence electrons. The number of hydrogen-bond donors (Lipinski definition) is 1. The highest BCUT2D eigenvalue weighted by molar-refractivity contribution is 6.34. The average Bonchev–Trinajstić information content (AvgIpc) is 2.63. The summed E-state index contributed by atoms with van der Waals surface area (Å²) >= 11 is 6.21. The third-order valence-electron chi connectivity index (χ3n) is 3.66. The molecule has 3 aromatic carbocycles. The highest BCUT2D eigenvalue weighted by atomic mass is 35.5. The minimum Gasteiger partial charge on any atom is -0.319 e. The summed E-state index contributed by atoms with van der Waals surface area (Å²) < 4.78 is 13.9. The first kappa shape index (κ1) is 16.9. The molecule has 0 aliphatic heterocycles. The van der Waals surface area contributed by atoms with Crippen LogP contribution >= 0.6 is 11.6 Å². The molecule has 0 saturated carbocycles. The van der Waals surface area contributed by atoms with Gasteiger partial charge in [-0.25, -0.2) is 4.39 Å². The number of halogens is 2. The van der Waals surface area contributed by atoms with Crippen LogP contribution in [0.15, 0.2) is 78.9 Å². The zero-order valence-corrected chi connectivity index (χ0v) is 14.0. The minimum absolute atomic E-state index is 0.133. The van der Waals surface area contributed by atoms with E-state index >= 15 is 0 Å². The summed E-state index contributed by atoms with van der Waals surface area (Å²) in [5, 5.41) is 3.16. The van der Waals surface area contributed by atoms with Crippen LogP contribution in [0, 0.1) is 5.82 Å². The van der Waals surface area contributed by atoms with Gasteiger partial charge in [-0.05, 0) is 35.4 Å². The number of rotatable bonds is 4. The molecule has 0 unspecified atom stereocenters. The van der Waals surface area contributed by atoms with E-state index in [1.165, 1.54) is 12.1 Å². The number of hydrogen-bond acceptors (Lipinski definition) is 1. The first-order valence-corrected chi connectivity index (χ1v) is 8.10. The maximum absolute atomic E-state index is 13.9. The molecule has 0 spiro atoms. The zero-order chi connectivity index (χ0) is 17.6. The summed E-state index contributed by atoms with van der Waals surface area (Å²) in [6.45, 7) is 0. The van der Waals surface area contributed by atoms with Crippen molar-refractivity contribution in [3.8, 4) is 0 Å². The average molecular weight is 352 g/mol. The van der Waals surface area contributed by atoms with Gasteiger partial charge in [-0.1, -0.05) is 72.3 Å². The molecule has 0 aliphatic rings. The predicted molar refractivity (Wildman–Crippen MR) is 101 cm³/mol. The van der Waals surface area contributed by atoms with Crippen LogP contribution in [-0.4, -0.2) is 5.91 Å².